The number of likely N-dealkylation sites (tertiary alicyclic amines) is 1. The molecule has 116 valence electrons. The fourth-order valence-electron chi connectivity index (χ4n) is 3.57. The highest BCUT2D eigenvalue weighted by molar-refractivity contribution is 9.10. The fraction of sp³-hybridized carbons (Fsp3) is 0.647. The number of benzene rings is 1. The van der Waals surface area contributed by atoms with Crippen LogP contribution in [0.2, 0.25) is 0 Å². The molecule has 2 aliphatic rings. The molecule has 3 nitrogen and oxygen atoms in total. The molecule has 0 amide bonds. The molecule has 0 aliphatic carbocycles. The molecular formula is C17H24BrNO2. The summed E-state index contributed by atoms with van der Waals surface area (Å²) in [6.45, 7) is 7.81. The summed E-state index contributed by atoms with van der Waals surface area (Å²) >= 11 is 3.49. The van der Waals surface area contributed by atoms with Gasteiger partial charge in [-0.2, -0.15) is 0 Å². The van der Waals surface area contributed by atoms with E-state index in [0.29, 0.717) is 5.92 Å². The summed E-state index contributed by atoms with van der Waals surface area (Å²) < 4.78 is 7.35. The largest absolute Gasteiger partial charge is 0.487 e. The molecular weight excluding hydrogens is 330 g/mol. The lowest BCUT2D eigenvalue weighted by Gasteiger charge is -2.46. The molecule has 1 atom stereocenters. The van der Waals surface area contributed by atoms with Crippen LogP contribution in [-0.2, 0) is 0 Å². The van der Waals surface area contributed by atoms with Crippen LogP contribution in [-0.4, -0.2) is 35.2 Å². The van der Waals surface area contributed by atoms with Crippen molar-refractivity contribution in [3.8, 4) is 5.75 Å². The van der Waals surface area contributed by atoms with Crippen molar-refractivity contribution < 1.29 is 9.84 Å². The molecule has 1 saturated heterocycles. The van der Waals surface area contributed by atoms with Crippen LogP contribution in [0.4, 0.5) is 0 Å². The molecule has 0 aromatic heterocycles. The molecule has 0 unspecified atom stereocenters. The van der Waals surface area contributed by atoms with Gasteiger partial charge in [0.25, 0.3) is 0 Å². The summed E-state index contributed by atoms with van der Waals surface area (Å²) in [5.41, 5.74) is 0.745. The van der Waals surface area contributed by atoms with Gasteiger partial charge >= 0.3 is 0 Å². The lowest BCUT2D eigenvalue weighted by atomic mass is 9.81. The van der Waals surface area contributed by atoms with Gasteiger partial charge in [-0.05, 0) is 30.9 Å². The van der Waals surface area contributed by atoms with Gasteiger partial charge in [-0.1, -0.05) is 35.8 Å². The van der Waals surface area contributed by atoms with Crippen LogP contribution in [0, 0.1) is 5.92 Å². The summed E-state index contributed by atoms with van der Waals surface area (Å²) in [4.78, 5) is 2.52. The van der Waals surface area contributed by atoms with Crippen LogP contribution < -0.4 is 4.74 Å². The quantitative estimate of drug-likeness (QED) is 0.878. The Bertz CT molecular complexity index is 510. The third kappa shape index (κ3) is 3.27. The average Bonchev–Trinajstić information content (AvgIpc) is 2.40. The monoisotopic (exact) mass is 353 g/mol. The predicted molar refractivity (Wildman–Crippen MR) is 87.6 cm³/mol. The van der Waals surface area contributed by atoms with E-state index < -0.39 is 6.10 Å². The van der Waals surface area contributed by atoms with Gasteiger partial charge in [0.1, 0.15) is 11.4 Å². The first-order valence-corrected chi connectivity index (χ1v) is 8.66. The van der Waals surface area contributed by atoms with Crippen molar-refractivity contribution in [1.29, 1.82) is 0 Å². The number of aliphatic hydroxyl groups excluding tert-OH is 1. The topological polar surface area (TPSA) is 32.7 Å². The summed E-state index contributed by atoms with van der Waals surface area (Å²) in [6.07, 6.45) is 2.32. The Morgan fingerprint density at radius 2 is 2.10 bits per heavy atom. The molecule has 4 heteroatoms. The van der Waals surface area contributed by atoms with Crippen molar-refractivity contribution in [3.05, 3.63) is 28.2 Å². The van der Waals surface area contributed by atoms with E-state index in [4.69, 9.17) is 4.74 Å². The van der Waals surface area contributed by atoms with E-state index in [0.717, 1.165) is 54.7 Å². The Morgan fingerprint density at radius 1 is 1.38 bits per heavy atom. The zero-order chi connectivity index (χ0) is 15.0. The SMILES string of the molecule is CC(C)CN1CCC2(CC1)C[C@H](O)c1ccc(Br)cc1O2. The summed E-state index contributed by atoms with van der Waals surface area (Å²) in [6, 6.07) is 5.92. The van der Waals surface area contributed by atoms with Crippen molar-refractivity contribution in [3.63, 3.8) is 0 Å². The first-order chi connectivity index (χ1) is 9.97. The summed E-state index contributed by atoms with van der Waals surface area (Å²) in [5, 5.41) is 10.5. The predicted octanol–water partition coefficient (Wildman–Crippen LogP) is 3.76. The minimum absolute atomic E-state index is 0.180. The highest BCUT2D eigenvalue weighted by Crippen LogP contribution is 2.45. The summed E-state index contributed by atoms with van der Waals surface area (Å²) in [7, 11) is 0. The van der Waals surface area contributed by atoms with E-state index in [9.17, 15) is 5.11 Å². The number of hydrogen-bond donors (Lipinski definition) is 1. The number of ether oxygens (including phenoxy) is 1. The number of rotatable bonds is 2. The third-order valence-corrected chi connectivity index (χ3v) is 5.11. The molecule has 2 heterocycles. The second kappa shape index (κ2) is 5.90. The molecule has 2 aliphatic heterocycles. The number of piperidine rings is 1. The molecule has 3 rings (SSSR count). The first kappa shape index (κ1) is 15.3. The minimum atomic E-state index is -0.404. The van der Waals surface area contributed by atoms with Crippen molar-refractivity contribution in [2.24, 2.45) is 5.92 Å². The smallest absolute Gasteiger partial charge is 0.127 e. The van der Waals surface area contributed by atoms with Crippen LogP contribution in [0.3, 0.4) is 0 Å². The van der Waals surface area contributed by atoms with Crippen LogP contribution >= 0.6 is 15.9 Å². The Balaban J connectivity index is 1.74. The van der Waals surface area contributed by atoms with Crippen LogP contribution in [0.25, 0.3) is 0 Å². The van der Waals surface area contributed by atoms with Gasteiger partial charge < -0.3 is 14.7 Å². The van der Waals surface area contributed by atoms with E-state index >= 15 is 0 Å². The van der Waals surface area contributed by atoms with Gasteiger partial charge in [0.2, 0.25) is 0 Å². The highest BCUT2D eigenvalue weighted by atomic mass is 79.9. The van der Waals surface area contributed by atoms with Crippen molar-refractivity contribution in [1.82, 2.24) is 4.90 Å². The first-order valence-electron chi connectivity index (χ1n) is 7.86. The standard InChI is InChI=1S/C17H24BrNO2/c1-12(2)11-19-7-5-17(6-8-19)10-15(20)14-4-3-13(18)9-16(14)21-17/h3-4,9,12,15,20H,5-8,10-11H2,1-2H3/t15-/m0/s1. The van der Waals surface area contributed by atoms with Crippen molar-refractivity contribution >= 4 is 15.9 Å². The number of aliphatic hydroxyl groups is 1. The van der Waals surface area contributed by atoms with Gasteiger partial charge in [0, 0.05) is 36.1 Å². The lowest BCUT2D eigenvalue weighted by molar-refractivity contribution is -0.0551. The minimum Gasteiger partial charge on any atom is -0.487 e. The number of halogens is 1. The number of fused-ring (bicyclic) bond motifs is 1. The third-order valence-electron chi connectivity index (χ3n) is 4.62. The zero-order valence-corrected chi connectivity index (χ0v) is 14.4. The zero-order valence-electron chi connectivity index (χ0n) is 12.8. The molecule has 0 bridgehead atoms. The Morgan fingerprint density at radius 3 is 2.76 bits per heavy atom. The van der Waals surface area contributed by atoms with E-state index in [1.54, 1.807) is 0 Å². The maximum Gasteiger partial charge on any atom is 0.127 e. The Labute approximate surface area is 135 Å². The van der Waals surface area contributed by atoms with Crippen LogP contribution in [0.15, 0.2) is 22.7 Å². The number of nitrogens with zero attached hydrogens (tertiary/aromatic N) is 1. The fourth-order valence-corrected chi connectivity index (χ4v) is 3.91. The maximum absolute atomic E-state index is 10.5. The van der Waals surface area contributed by atoms with Crippen molar-refractivity contribution in [2.45, 2.75) is 44.8 Å². The molecule has 1 aromatic carbocycles. The molecule has 21 heavy (non-hydrogen) atoms. The van der Waals surface area contributed by atoms with E-state index in [1.165, 1.54) is 0 Å². The molecule has 0 saturated carbocycles. The molecule has 1 fully saturated rings. The normalized spacial score (nSPS) is 24.9. The van der Waals surface area contributed by atoms with Gasteiger partial charge in [-0.3, -0.25) is 0 Å². The van der Waals surface area contributed by atoms with Crippen LogP contribution in [0.1, 0.15) is 44.8 Å². The van der Waals surface area contributed by atoms with Gasteiger partial charge in [0.15, 0.2) is 0 Å². The lowest BCUT2D eigenvalue weighted by Crippen LogP contribution is -2.51. The summed E-state index contributed by atoms with van der Waals surface area (Å²) in [5.74, 6) is 1.55. The second-order valence-corrected chi connectivity index (χ2v) is 7.80. The molecule has 1 spiro atoms. The second-order valence-electron chi connectivity index (χ2n) is 6.88. The maximum atomic E-state index is 10.5. The number of hydrogen-bond acceptors (Lipinski definition) is 3. The van der Waals surface area contributed by atoms with Gasteiger partial charge in [-0.15, -0.1) is 0 Å². The van der Waals surface area contributed by atoms with E-state index in [-0.39, 0.29) is 5.60 Å². The van der Waals surface area contributed by atoms with E-state index in [2.05, 4.69) is 34.7 Å². The average molecular weight is 354 g/mol. The van der Waals surface area contributed by atoms with E-state index in [1.807, 2.05) is 18.2 Å². The van der Waals surface area contributed by atoms with Gasteiger partial charge in [0.05, 0.1) is 6.10 Å². The highest BCUT2D eigenvalue weighted by Gasteiger charge is 2.42. The van der Waals surface area contributed by atoms with Crippen molar-refractivity contribution in [2.75, 3.05) is 19.6 Å². The molecule has 1 aromatic rings. The Kier molecular flexibility index (Phi) is 4.30. The Hall–Kier alpha value is -0.580. The molecule has 1 N–H and O–H groups in total. The van der Waals surface area contributed by atoms with Crippen LogP contribution in [0.5, 0.6) is 5.75 Å². The van der Waals surface area contributed by atoms with Gasteiger partial charge in [-0.25, -0.2) is 0 Å². The molecule has 0 radical (unpaired) electrons.